The molecule has 0 radical (unpaired) electrons. The summed E-state index contributed by atoms with van der Waals surface area (Å²) in [4.78, 5) is 4.45. The number of fused-ring (bicyclic) bond motifs is 1. The van der Waals surface area contributed by atoms with Crippen LogP contribution >= 0.6 is 0 Å². The number of aromatic amines is 1. The Morgan fingerprint density at radius 3 is 3.00 bits per heavy atom. The van der Waals surface area contributed by atoms with Gasteiger partial charge in [0.2, 0.25) is 0 Å². The highest BCUT2D eigenvalue weighted by atomic mass is 16.3. The van der Waals surface area contributed by atoms with Crippen LogP contribution in [0.5, 0.6) is 0 Å². The van der Waals surface area contributed by atoms with Crippen LogP contribution < -0.4 is 0 Å². The van der Waals surface area contributed by atoms with Crippen molar-refractivity contribution in [3.63, 3.8) is 0 Å². The van der Waals surface area contributed by atoms with E-state index in [4.69, 9.17) is 0 Å². The summed E-state index contributed by atoms with van der Waals surface area (Å²) in [5.41, 5.74) is 2.07. The van der Waals surface area contributed by atoms with E-state index in [9.17, 15) is 5.11 Å². The van der Waals surface area contributed by atoms with Crippen molar-refractivity contribution in [1.29, 1.82) is 0 Å². The third-order valence-corrected chi connectivity index (χ3v) is 2.69. The molecule has 0 amide bonds. The molecule has 0 aromatic rings. The minimum Gasteiger partial charge on any atom is -0.390 e. The fourth-order valence-corrected chi connectivity index (χ4v) is 2.03. The highest BCUT2D eigenvalue weighted by Gasteiger charge is 2.22. The molecular formula is C12H17N3O. The summed E-state index contributed by atoms with van der Waals surface area (Å²) >= 11 is 0. The number of hydrogen-bond acceptors (Lipinski definition) is 3. The first-order valence-corrected chi connectivity index (χ1v) is 5.62. The fraction of sp³-hybridized carbons (Fsp3) is 0.500. The van der Waals surface area contributed by atoms with Gasteiger partial charge in [0, 0.05) is 18.3 Å². The van der Waals surface area contributed by atoms with E-state index in [1.54, 1.807) is 6.20 Å². The van der Waals surface area contributed by atoms with E-state index in [-0.39, 0.29) is 0 Å². The van der Waals surface area contributed by atoms with Crippen LogP contribution in [-0.2, 0) is 6.42 Å². The van der Waals surface area contributed by atoms with Gasteiger partial charge in [0.1, 0.15) is 0 Å². The van der Waals surface area contributed by atoms with Gasteiger partial charge in [-0.15, -0.1) is 0 Å². The third-order valence-electron chi connectivity index (χ3n) is 2.69. The fourth-order valence-electron chi connectivity index (χ4n) is 2.03. The monoisotopic (exact) mass is 219 g/mol. The van der Waals surface area contributed by atoms with E-state index < -0.39 is 5.60 Å². The van der Waals surface area contributed by atoms with Crippen molar-refractivity contribution >= 4 is 0 Å². The lowest BCUT2D eigenvalue weighted by Crippen LogP contribution is -2.26. The van der Waals surface area contributed by atoms with Crippen molar-refractivity contribution in [2.75, 3.05) is 0 Å². The summed E-state index contributed by atoms with van der Waals surface area (Å²) in [6, 6.07) is 3.82. The maximum absolute atomic E-state index is 10.1. The second kappa shape index (κ2) is 4.22. The number of nitrogens with one attached hydrogen (secondary N) is 1. The second-order valence-corrected chi connectivity index (χ2v) is 4.53. The predicted octanol–water partition coefficient (Wildman–Crippen LogP) is 2.00. The van der Waals surface area contributed by atoms with E-state index in [1.807, 2.05) is 19.1 Å². The van der Waals surface area contributed by atoms with Gasteiger partial charge in [0.05, 0.1) is 17.0 Å². The SMILES string of the molecule is CCCC(C)(O)Cc1cc2[nH]nccc-2n1. The molecule has 2 rings (SSSR count). The molecule has 0 saturated carbocycles. The zero-order valence-electron chi connectivity index (χ0n) is 9.70. The Morgan fingerprint density at radius 2 is 2.31 bits per heavy atom. The normalized spacial score (nSPS) is 15.2. The summed E-state index contributed by atoms with van der Waals surface area (Å²) in [5, 5.41) is 17.0. The molecule has 0 aliphatic carbocycles. The molecular weight excluding hydrogens is 202 g/mol. The summed E-state index contributed by atoms with van der Waals surface area (Å²) in [5.74, 6) is 0. The molecule has 1 unspecified atom stereocenters. The first-order chi connectivity index (χ1) is 7.61. The van der Waals surface area contributed by atoms with Crippen molar-refractivity contribution < 1.29 is 5.11 Å². The molecule has 0 bridgehead atoms. The average Bonchev–Trinajstić information content (AvgIpc) is 2.58. The molecule has 0 saturated heterocycles. The zero-order chi connectivity index (χ0) is 11.6. The zero-order valence-corrected chi connectivity index (χ0v) is 9.70. The number of aliphatic hydroxyl groups is 1. The highest BCUT2D eigenvalue weighted by Crippen LogP contribution is 2.23. The molecule has 2 N–H and O–H groups in total. The summed E-state index contributed by atoms with van der Waals surface area (Å²) in [7, 11) is 0. The first-order valence-electron chi connectivity index (χ1n) is 5.62. The molecule has 4 nitrogen and oxygen atoms in total. The number of nitrogens with zero attached hydrogens (tertiary/aromatic N) is 2. The molecule has 2 aliphatic heterocycles. The molecule has 0 spiro atoms. The molecule has 4 heteroatoms. The van der Waals surface area contributed by atoms with Crippen LogP contribution in [0.15, 0.2) is 18.3 Å². The Balaban J connectivity index is 2.19. The standard InChI is InChI=1S/C12H17N3O/c1-3-5-12(2,16)8-9-7-11-10(14-9)4-6-13-15-11/h4,6-7,15-16H,3,5,8H2,1-2H3. The Bertz CT molecular complexity index is 406. The second-order valence-electron chi connectivity index (χ2n) is 4.53. The largest absolute Gasteiger partial charge is 0.390 e. The van der Waals surface area contributed by atoms with Crippen LogP contribution in [0.25, 0.3) is 11.4 Å². The molecule has 0 aromatic carbocycles. The number of H-pyrrole nitrogens is 1. The molecule has 0 aromatic heterocycles. The Hall–Kier alpha value is -1.42. The predicted molar refractivity (Wildman–Crippen MR) is 62.2 cm³/mol. The Morgan fingerprint density at radius 1 is 1.50 bits per heavy atom. The minimum atomic E-state index is -0.667. The lowest BCUT2D eigenvalue weighted by Gasteiger charge is -2.21. The lowest BCUT2D eigenvalue weighted by molar-refractivity contribution is 0.0497. The van der Waals surface area contributed by atoms with Gasteiger partial charge in [-0.3, -0.25) is 10.1 Å². The number of aromatic nitrogens is 3. The Kier molecular flexibility index (Phi) is 2.92. The van der Waals surface area contributed by atoms with Gasteiger partial charge in [-0.1, -0.05) is 13.3 Å². The summed E-state index contributed by atoms with van der Waals surface area (Å²) in [6.07, 6.45) is 4.03. The van der Waals surface area contributed by atoms with Crippen molar-refractivity contribution in [2.45, 2.75) is 38.7 Å². The number of hydrogen-bond donors (Lipinski definition) is 2. The van der Waals surface area contributed by atoms with Gasteiger partial charge in [0.25, 0.3) is 0 Å². The molecule has 1 atom stereocenters. The minimum absolute atomic E-state index is 0.587. The van der Waals surface area contributed by atoms with Crippen molar-refractivity contribution in [1.82, 2.24) is 15.2 Å². The molecule has 2 aliphatic rings. The summed E-state index contributed by atoms with van der Waals surface area (Å²) < 4.78 is 0. The molecule has 16 heavy (non-hydrogen) atoms. The van der Waals surface area contributed by atoms with Crippen molar-refractivity contribution in [2.24, 2.45) is 0 Å². The quantitative estimate of drug-likeness (QED) is 0.826. The van der Waals surface area contributed by atoms with Crippen LogP contribution in [0.1, 0.15) is 32.4 Å². The van der Waals surface area contributed by atoms with E-state index in [0.29, 0.717) is 6.42 Å². The third kappa shape index (κ3) is 2.39. The van der Waals surface area contributed by atoms with E-state index >= 15 is 0 Å². The van der Waals surface area contributed by atoms with Crippen LogP contribution in [0.4, 0.5) is 0 Å². The highest BCUT2D eigenvalue weighted by molar-refractivity contribution is 5.56. The van der Waals surface area contributed by atoms with Crippen LogP contribution in [0, 0.1) is 0 Å². The maximum Gasteiger partial charge on any atom is 0.0899 e. The molecule has 86 valence electrons. The Labute approximate surface area is 95.1 Å². The van der Waals surface area contributed by atoms with Gasteiger partial charge >= 0.3 is 0 Å². The first kappa shape index (κ1) is 11.1. The van der Waals surface area contributed by atoms with E-state index in [2.05, 4.69) is 22.1 Å². The van der Waals surface area contributed by atoms with Gasteiger partial charge in [-0.25, -0.2) is 0 Å². The summed E-state index contributed by atoms with van der Waals surface area (Å²) in [6.45, 7) is 3.93. The average molecular weight is 219 g/mol. The number of rotatable bonds is 4. The van der Waals surface area contributed by atoms with Gasteiger partial charge < -0.3 is 5.11 Å². The van der Waals surface area contributed by atoms with E-state index in [0.717, 1.165) is 29.9 Å². The van der Waals surface area contributed by atoms with Crippen LogP contribution in [-0.4, -0.2) is 25.9 Å². The van der Waals surface area contributed by atoms with Crippen LogP contribution in [0.2, 0.25) is 0 Å². The smallest absolute Gasteiger partial charge is 0.0899 e. The van der Waals surface area contributed by atoms with Gasteiger partial charge in [0.15, 0.2) is 0 Å². The van der Waals surface area contributed by atoms with Gasteiger partial charge in [-0.2, -0.15) is 5.10 Å². The van der Waals surface area contributed by atoms with Crippen molar-refractivity contribution in [3.05, 3.63) is 24.0 Å². The lowest BCUT2D eigenvalue weighted by atomic mass is 9.95. The van der Waals surface area contributed by atoms with Crippen molar-refractivity contribution in [3.8, 4) is 11.4 Å². The topological polar surface area (TPSA) is 61.8 Å². The van der Waals surface area contributed by atoms with Crippen LogP contribution in [0.3, 0.4) is 0 Å². The van der Waals surface area contributed by atoms with Gasteiger partial charge in [-0.05, 0) is 25.5 Å². The van der Waals surface area contributed by atoms with E-state index in [1.165, 1.54) is 0 Å². The maximum atomic E-state index is 10.1. The molecule has 0 fully saturated rings. The molecule has 2 heterocycles.